The van der Waals surface area contributed by atoms with Crippen LogP contribution in [-0.4, -0.2) is 176 Å². The summed E-state index contributed by atoms with van der Waals surface area (Å²) < 4.78 is 80.0. The number of fused-ring (bicyclic) bond motifs is 5. The van der Waals surface area contributed by atoms with Crippen LogP contribution in [0.1, 0.15) is 108 Å². The van der Waals surface area contributed by atoms with Gasteiger partial charge in [-0.15, -0.1) is 0 Å². The zero-order valence-electron chi connectivity index (χ0n) is 52.3. The third-order valence-corrected chi connectivity index (χ3v) is 18.2. The Morgan fingerprint density at radius 3 is 2.33 bits per heavy atom. The Kier molecular flexibility index (Phi) is 27.7. The molecule has 5 rings (SSSR count). The summed E-state index contributed by atoms with van der Waals surface area (Å²) in [6.07, 6.45) is -4.61. The molecule has 4 bridgehead atoms. The molecule has 0 radical (unpaired) electrons. The number of anilines is 2. The number of carbonyl (C=O) groups excluding carboxylic acids is 9. The number of unbranched alkanes of at least 4 members (excludes halogenated alkanes) is 1. The van der Waals surface area contributed by atoms with Gasteiger partial charge in [0.1, 0.15) is 53.1 Å². The fourth-order valence-corrected chi connectivity index (χ4v) is 12.5. The molecule has 7 amide bonds. The van der Waals surface area contributed by atoms with Crippen LogP contribution in [-0.2, 0) is 65.0 Å². The molecule has 2 fully saturated rings. The van der Waals surface area contributed by atoms with E-state index in [1.54, 1.807) is 58.1 Å². The van der Waals surface area contributed by atoms with Crippen molar-refractivity contribution in [2.75, 3.05) is 62.3 Å². The van der Waals surface area contributed by atoms with Crippen molar-refractivity contribution in [1.29, 1.82) is 0 Å². The van der Waals surface area contributed by atoms with Gasteiger partial charge < -0.3 is 69.8 Å². The second-order valence-corrected chi connectivity index (χ2v) is 25.0. The molecule has 3 aliphatic heterocycles. The minimum absolute atomic E-state index is 0.0499. The smallest absolute Gasteiger partial charge is 0.417 e. The first kappa shape index (κ1) is 75.4. The number of nitrogens with one attached hydrogen (secondary N) is 5. The number of urea groups is 1. The number of carbonyl (C=O) groups is 9. The largest absolute Gasteiger partial charge is 0.495 e. The van der Waals surface area contributed by atoms with Crippen molar-refractivity contribution in [3.8, 4) is 5.75 Å². The number of hydrogen-bond acceptors (Lipinski definition) is 17. The van der Waals surface area contributed by atoms with Crippen LogP contribution in [0.4, 0.5) is 34.1 Å². The lowest BCUT2D eigenvalue weighted by molar-refractivity contribution is -0.158. The average molecular weight is 1440 g/mol. The minimum Gasteiger partial charge on any atom is -0.495 e. The molecule has 24 nitrogen and oxygen atoms in total. The summed E-state index contributed by atoms with van der Waals surface area (Å²) in [6.45, 7) is 9.67. The quantitative estimate of drug-likeness (QED) is 0.0124. The molecule has 0 spiro atoms. The number of alkyl halides is 5. The molecule has 30 heteroatoms. The first-order valence-electron chi connectivity index (χ1n) is 29.5. The van der Waals surface area contributed by atoms with Crippen molar-refractivity contribution >= 4 is 109 Å². The van der Waals surface area contributed by atoms with Crippen molar-refractivity contribution in [1.82, 2.24) is 26.2 Å². The highest BCUT2D eigenvalue weighted by molar-refractivity contribution is 9.09. The summed E-state index contributed by atoms with van der Waals surface area (Å²) in [5, 5.41) is 25.6. The number of allylic oxidation sites excluding steroid dienone is 3. The van der Waals surface area contributed by atoms with Crippen LogP contribution >= 0.6 is 43.5 Å². The van der Waals surface area contributed by atoms with Crippen LogP contribution < -0.4 is 42.0 Å². The first-order chi connectivity index (χ1) is 42.8. The first-order valence-corrected chi connectivity index (χ1v) is 32.1. The van der Waals surface area contributed by atoms with Gasteiger partial charge in [0.05, 0.1) is 61.1 Å². The lowest BCUT2D eigenvalue weighted by atomic mass is 9.83. The molecule has 504 valence electrons. The molecule has 3 heterocycles. The fraction of sp³-hybridized carbons (Fsp3) is 0.590. The summed E-state index contributed by atoms with van der Waals surface area (Å²) in [7, 11) is 5.26. The molecule has 2 aromatic rings. The van der Waals surface area contributed by atoms with Crippen LogP contribution in [0.25, 0.3) is 0 Å². The number of halogens is 6. The zero-order chi connectivity index (χ0) is 67.9. The summed E-state index contributed by atoms with van der Waals surface area (Å²) in [5.74, 6) is -6.61. The standard InChI is InChI=1S/C61H82Br2ClF3N8O16/c1-32(2)50(70-39(31-76)16-11-12-22-88-56(82)37(29-62)30-63)53(79)72-42(17-14-21-69-57(68)83)52(78)71-38-19-20-40(41(26-38)61(65,66)67)54(80)74(7)35(5)55(81)90-47-27-48(77)75(8)43-24-36(25-44(86-9)49(43)64)23-33(3)15-13-18-46(87-10)60(85)28-45(89-58(84)73-60)34(4)51-59(47,6)91-51/h13,15,18-20,24-26,31-32,34-35,37,39,42,45-47,50-51,70,85H,11-12,14,16-17,21-23,27-30H2,1-10H3,(H,71,78)(H,72,79)(H,73,84)(H3,68,69,83)/b18-13+,33-15+/t34-,35+,39?,42+,45+,46-,47+,50+,51+,59+,60+/m1/s1. The van der Waals surface area contributed by atoms with Gasteiger partial charge in [0.2, 0.25) is 17.7 Å². The van der Waals surface area contributed by atoms with E-state index in [4.69, 9.17) is 45.8 Å². The second-order valence-electron chi connectivity index (χ2n) is 23.4. The van der Waals surface area contributed by atoms with Gasteiger partial charge in [-0.1, -0.05) is 88.0 Å². The van der Waals surface area contributed by atoms with Crippen molar-refractivity contribution in [2.24, 2.45) is 23.5 Å². The Labute approximate surface area is 548 Å². The number of aldehydes is 1. The number of alkyl carbamates (subject to hydrolysis) is 1. The third kappa shape index (κ3) is 20.1. The number of aliphatic hydroxyl groups is 1. The Morgan fingerprint density at radius 1 is 1.02 bits per heavy atom. The molecule has 0 aliphatic carbocycles. The highest BCUT2D eigenvalue weighted by Gasteiger charge is 2.64. The van der Waals surface area contributed by atoms with Gasteiger partial charge in [-0.05, 0) is 101 Å². The molecule has 11 atom stereocenters. The highest BCUT2D eigenvalue weighted by atomic mass is 79.9. The summed E-state index contributed by atoms with van der Waals surface area (Å²) in [4.78, 5) is 122. The molecule has 8 N–H and O–H groups in total. The highest BCUT2D eigenvalue weighted by Crippen LogP contribution is 2.49. The lowest BCUT2D eigenvalue weighted by Gasteiger charge is -2.42. The third-order valence-electron chi connectivity index (χ3n) is 16.2. The number of nitrogens with two attached hydrogens (primary N) is 1. The summed E-state index contributed by atoms with van der Waals surface area (Å²) in [6, 6.07) is -0.183. The summed E-state index contributed by atoms with van der Waals surface area (Å²) >= 11 is 13.3. The van der Waals surface area contributed by atoms with E-state index in [2.05, 4.69) is 58.4 Å². The number of ether oxygens (including phenoxy) is 6. The van der Waals surface area contributed by atoms with E-state index in [0.717, 1.165) is 24.8 Å². The predicted molar refractivity (Wildman–Crippen MR) is 337 cm³/mol. The fourth-order valence-electron chi connectivity index (χ4n) is 10.6. The van der Waals surface area contributed by atoms with E-state index < -0.39 is 149 Å². The second kappa shape index (κ2) is 33.5. The predicted octanol–water partition coefficient (Wildman–Crippen LogP) is 7.02. The number of benzene rings is 2. The number of nitrogens with zero attached hydrogens (tertiary/aromatic N) is 2. The van der Waals surface area contributed by atoms with Gasteiger partial charge >= 0.3 is 30.2 Å². The van der Waals surface area contributed by atoms with Gasteiger partial charge in [0.25, 0.3) is 5.91 Å². The maximum absolute atomic E-state index is 15.1. The van der Waals surface area contributed by atoms with Crippen LogP contribution in [0.2, 0.25) is 5.02 Å². The topological polar surface area (TPSA) is 325 Å². The average Bonchev–Trinajstić information content (AvgIpc) is 1.59. The Bertz CT molecular complexity index is 3030. The Balaban J connectivity index is 1.39. The van der Waals surface area contributed by atoms with Gasteiger partial charge in [-0.25, -0.2) is 14.4 Å². The van der Waals surface area contributed by atoms with Crippen LogP contribution in [0, 0.1) is 17.8 Å². The maximum Gasteiger partial charge on any atom is 0.417 e. The number of methoxy groups -OCH3 is 2. The van der Waals surface area contributed by atoms with Gasteiger partial charge in [0.15, 0.2) is 5.72 Å². The van der Waals surface area contributed by atoms with E-state index in [1.165, 1.54) is 33.1 Å². The molecule has 2 saturated heterocycles. The number of amides is 7. The Morgan fingerprint density at radius 2 is 1.71 bits per heavy atom. The molecule has 0 aromatic heterocycles. The molecule has 1 unspecified atom stereocenters. The molecular formula is C61H82Br2ClF3N8O16. The number of likely N-dealkylation sites (N-methyl/N-ethyl adjacent to an activating group) is 1. The molecule has 0 saturated carbocycles. The van der Waals surface area contributed by atoms with Gasteiger partial charge in [-0.2, -0.15) is 13.2 Å². The Hall–Kier alpha value is -6.37. The van der Waals surface area contributed by atoms with Gasteiger partial charge in [-0.3, -0.25) is 34.6 Å². The molecular weight excluding hydrogens is 1350 g/mol. The van der Waals surface area contributed by atoms with Crippen molar-refractivity contribution < 1.29 is 89.8 Å². The van der Waals surface area contributed by atoms with E-state index in [0.29, 0.717) is 52.7 Å². The van der Waals surface area contributed by atoms with E-state index >= 15 is 13.2 Å². The normalized spacial score (nSPS) is 24.1. The minimum atomic E-state index is -5.25. The number of primary amides is 1. The number of epoxide rings is 1. The number of hydrogen-bond donors (Lipinski definition) is 7. The van der Waals surface area contributed by atoms with E-state index in [-0.39, 0.29) is 61.2 Å². The molecule has 91 heavy (non-hydrogen) atoms. The molecule has 2 aromatic carbocycles. The van der Waals surface area contributed by atoms with Crippen molar-refractivity contribution in [2.45, 2.75) is 159 Å². The number of rotatable bonds is 26. The van der Waals surface area contributed by atoms with Crippen LogP contribution in [0.15, 0.2) is 54.1 Å². The van der Waals surface area contributed by atoms with E-state index in [9.17, 15) is 48.3 Å². The van der Waals surface area contributed by atoms with Crippen molar-refractivity contribution in [3.63, 3.8) is 0 Å². The zero-order valence-corrected chi connectivity index (χ0v) is 56.3. The monoisotopic (exact) mass is 1430 g/mol. The number of esters is 2. The summed E-state index contributed by atoms with van der Waals surface area (Å²) in [5.41, 5.74) is 0.503. The van der Waals surface area contributed by atoms with Crippen LogP contribution in [0.5, 0.6) is 5.75 Å². The maximum atomic E-state index is 15.1. The van der Waals surface area contributed by atoms with Crippen LogP contribution in [0.3, 0.4) is 0 Å². The lowest BCUT2D eigenvalue weighted by Crippen LogP contribution is -2.63. The van der Waals surface area contributed by atoms with E-state index in [1.807, 2.05) is 6.92 Å². The van der Waals surface area contributed by atoms with Crippen molar-refractivity contribution in [3.05, 3.63) is 75.8 Å². The SMILES string of the molecule is COc1cc2cc(c1Cl)N(C)C(=O)C[C@H](OC(=O)[C@H](C)N(C)C(=O)c1ccc(NC(=O)[C@H](CCCNC(N)=O)NC(=O)[C@@H](NC(C=O)CCCCOC(=O)C(CBr)CBr)C(C)C)cc1C(F)(F)F)[C@]1(C)O[C@H]1[C@H](C)[C@@H]1C[C@@](O)(NC(=O)O1)[C@H](OC)/C=C/C=C(\C)C2. The molecule has 3 aliphatic rings. The van der Waals surface area contributed by atoms with Gasteiger partial charge in [0, 0.05) is 56.4 Å².